The van der Waals surface area contributed by atoms with E-state index >= 15 is 0 Å². The monoisotopic (exact) mass is 250 g/mol. The highest BCUT2D eigenvalue weighted by Crippen LogP contribution is 2.26. The molecule has 1 aromatic rings. The van der Waals surface area contributed by atoms with Crippen LogP contribution in [0.1, 0.15) is 19.8 Å². The number of ether oxygens (including phenoxy) is 1. The van der Waals surface area contributed by atoms with Crippen molar-refractivity contribution in [1.29, 1.82) is 0 Å². The molecule has 0 aromatic heterocycles. The largest absolute Gasteiger partial charge is 0.486 e. The molecule has 18 heavy (non-hydrogen) atoms. The molecular formula is C13H18N2O3. The minimum Gasteiger partial charge on any atom is -0.486 e. The molecule has 1 N–H and O–H groups in total. The van der Waals surface area contributed by atoms with Crippen LogP contribution in [0.5, 0.6) is 5.75 Å². The molecule has 1 aliphatic carbocycles. The standard InChI is InChI=1S/C13H18N2O3/c1-10(8-14-11-6-7-11)9-18-13-5-3-2-4-12(13)15(16)17/h2-5,10-11,14H,6-9H2,1H3. The minimum atomic E-state index is -0.414. The lowest BCUT2D eigenvalue weighted by molar-refractivity contribution is -0.385. The fraction of sp³-hybridized carbons (Fsp3) is 0.538. The molecule has 98 valence electrons. The van der Waals surface area contributed by atoms with Crippen LogP contribution in [0.2, 0.25) is 0 Å². The van der Waals surface area contributed by atoms with Crippen LogP contribution in [0.15, 0.2) is 24.3 Å². The first-order valence-corrected chi connectivity index (χ1v) is 6.26. The molecule has 1 fully saturated rings. The molecule has 5 nitrogen and oxygen atoms in total. The summed E-state index contributed by atoms with van der Waals surface area (Å²) in [6.45, 7) is 3.46. The first kappa shape index (κ1) is 12.8. The van der Waals surface area contributed by atoms with Crippen molar-refractivity contribution in [3.63, 3.8) is 0 Å². The molecule has 1 saturated carbocycles. The van der Waals surface area contributed by atoms with Crippen molar-refractivity contribution in [2.75, 3.05) is 13.2 Å². The molecular weight excluding hydrogens is 232 g/mol. The van der Waals surface area contributed by atoms with E-state index in [1.165, 1.54) is 18.9 Å². The van der Waals surface area contributed by atoms with Crippen molar-refractivity contribution >= 4 is 5.69 Å². The van der Waals surface area contributed by atoms with E-state index in [-0.39, 0.29) is 5.69 Å². The van der Waals surface area contributed by atoms with Gasteiger partial charge in [-0.15, -0.1) is 0 Å². The van der Waals surface area contributed by atoms with Gasteiger partial charge in [-0.25, -0.2) is 0 Å². The summed E-state index contributed by atoms with van der Waals surface area (Å²) in [5, 5.41) is 14.2. The number of nitro benzene ring substituents is 1. The van der Waals surface area contributed by atoms with Crippen LogP contribution in [-0.4, -0.2) is 24.1 Å². The van der Waals surface area contributed by atoms with Gasteiger partial charge in [-0.1, -0.05) is 19.1 Å². The number of rotatable bonds is 7. The van der Waals surface area contributed by atoms with Crippen molar-refractivity contribution in [2.24, 2.45) is 5.92 Å². The fourth-order valence-electron chi connectivity index (χ4n) is 1.68. The molecule has 0 saturated heterocycles. The molecule has 1 unspecified atom stereocenters. The molecule has 0 spiro atoms. The number of para-hydroxylation sites is 2. The molecule has 0 heterocycles. The maximum Gasteiger partial charge on any atom is 0.310 e. The Morgan fingerprint density at radius 2 is 2.22 bits per heavy atom. The summed E-state index contributed by atoms with van der Waals surface area (Å²) >= 11 is 0. The Morgan fingerprint density at radius 1 is 1.50 bits per heavy atom. The quantitative estimate of drug-likeness (QED) is 0.596. The van der Waals surface area contributed by atoms with Crippen molar-refractivity contribution in [3.8, 4) is 5.75 Å². The van der Waals surface area contributed by atoms with Gasteiger partial charge in [0.25, 0.3) is 0 Å². The second kappa shape index (κ2) is 5.82. The summed E-state index contributed by atoms with van der Waals surface area (Å²) < 4.78 is 5.53. The van der Waals surface area contributed by atoms with Gasteiger partial charge in [-0.2, -0.15) is 0 Å². The molecule has 0 bridgehead atoms. The average Bonchev–Trinajstić information content (AvgIpc) is 3.18. The average molecular weight is 250 g/mol. The van der Waals surface area contributed by atoms with Crippen LogP contribution < -0.4 is 10.1 Å². The zero-order valence-electron chi connectivity index (χ0n) is 10.5. The Hall–Kier alpha value is -1.62. The molecule has 1 aliphatic rings. The summed E-state index contributed by atoms with van der Waals surface area (Å²) in [7, 11) is 0. The number of nitrogens with zero attached hydrogens (tertiary/aromatic N) is 1. The minimum absolute atomic E-state index is 0.0276. The molecule has 2 rings (SSSR count). The van der Waals surface area contributed by atoms with Gasteiger partial charge in [-0.05, 0) is 18.9 Å². The summed E-state index contributed by atoms with van der Waals surface area (Å²) in [6, 6.07) is 7.17. The third-order valence-corrected chi connectivity index (χ3v) is 2.92. The van der Waals surface area contributed by atoms with E-state index in [9.17, 15) is 10.1 Å². The van der Waals surface area contributed by atoms with Crippen molar-refractivity contribution in [2.45, 2.75) is 25.8 Å². The van der Waals surface area contributed by atoms with Crippen LogP contribution in [0, 0.1) is 16.0 Å². The predicted octanol–water partition coefficient (Wildman–Crippen LogP) is 2.36. The van der Waals surface area contributed by atoms with E-state index in [4.69, 9.17) is 4.74 Å². The number of nitro groups is 1. The maximum absolute atomic E-state index is 10.8. The van der Waals surface area contributed by atoms with Crippen molar-refractivity contribution in [3.05, 3.63) is 34.4 Å². The van der Waals surface area contributed by atoms with Gasteiger partial charge in [-0.3, -0.25) is 10.1 Å². The summed E-state index contributed by atoms with van der Waals surface area (Å²) in [4.78, 5) is 10.4. The molecule has 1 atom stereocenters. The highest BCUT2D eigenvalue weighted by Gasteiger charge is 2.21. The smallest absolute Gasteiger partial charge is 0.310 e. The highest BCUT2D eigenvalue weighted by molar-refractivity contribution is 5.45. The molecule has 0 amide bonds. The van der Waals surface area contributed by atoms with Crippen LogP contribution >= 0.6 is 0 Å². The lowest BCUT2D eigenvalue weighted by Crippen LogP contribution is -2.26. The number of benzene rings is 1. The number of hydrogen-bond acceptors (Lipinski definition) is 4. The summed E-state index contributed by atoms with van der Waals surface area (Å²) in [5.74, 6) is 0.686. The summed E-state index contributed by atoms with van der Waals surface area (Å²) in [6.07, 6.45) is 2.52. The van der Waals surface area contributed by atoms with Crippen LogP contribution in [0.4, 0.5) is 5.69 Å². The Balaban J connectivity index is 1.82. The van der Waals surface area contributed by atoms with Gasteiger partial charge in [0.05, 0.1) is 11.5 Å². The van der Waals surface area contributed by atoms with Crippen LogP contribution in [0.25, 0.3) is 0 Å². The Kier molecular flexibility index (Phi) is 4.15. The first-order chi connectivity index (χ1) is 8.66. The number of nitrogens with one attached hydrogen (secondary N) is 1. The van der Waals surface area contributed by atoms with Gasteiger partial charge in [0.2, 0.25) is 0 Å². The molecule has 1 aromatic carbocycles. The SMILES string of the molecule is CC(CNC1CC1)COc1ccccc1[N+](=O)[O-]. The zero-order valence-corrected chi connectivity index (χ0v) is 10.5. The van der Waals surface area contributed by atoms with Crippen LogP contribution in [0.3, 0.4) is 0 Å². The van der Waals surface area contributed by atoms with Gasteiger partial charge < -0.3 is 10.1 Å². The second-order valence-electron chi connectivity index (χ2n) is 4.82. The zero-order chi connectivity index (χ0) is 13.0. The van der Waals surface area contributed by atoms with Crippen LogP contribution in [-0.2, 0) is 0 Å². The van der Waals surface area contributed by atoms with Gasteiger partial charge >= 0.3 is 5.69 Å². The van der Waals surface area contributed by atoms with Gasteiger partial charge in [0.15, 0.2) is 5.75 Å². The Morgan fingerprint density at radius 3 is 2.89 bits per heavy atom. The third-order valence-electron chi connectivity index (χ3n) is 2.92. The van der Waals surface area contributed by atoms with Crippen molar-refractivity contribution < 1.29 is 9.66 Å². The topological polar surface area (TPSA) is 64.4 Å². The molecule has 0 radical (unpaired) electrons. The van der Waals surface area contributed by atoms with E-state index in [0.717, 1.165) is 6.54 Å². The lowest BCUT2D eigenvalue weighted by Gasteiger charge is -2.13. The lowest BCUT2D eigenvalue weighted by atomic mass is 10.2. The highest BCUT2D eigenvalue weighted by atomic mass is 16.6. The van der Waals surface area contributed by atoms with E-state index in [2.05, 4.69) is 12.2 Å². The molecule has 0 aliphatic heterocycles. The summed E-state index contributed by atoms with van der Waals surface area (Å²) in [5.41, 5.74) is 0.0276. The van der Waals surface area contributed by atoms with E-state index in [1.54, 1.807) is 18.2 Å². The fourth-order valence-corrected chi connectivity index (χ4v) is 1.68. The maximum atomic E-state index is 10.8. The normalized spacial score (nSPS) is 16.3. The Bertz CT molecular complexity index is 418. The van der Waals surface area contributed by atoms with E-state index < -0.39 is 4.92 Å². The predicted molar refractivity (Wildman–Crippen MR) is 68.8 cm³/mol. The third kappa shape index (κ3) is 3.70. The first-order valence-electron chi connectivity index (χ1n) is 6.26. The van der Waals surface area contributed by atoms with Gasteiger partial charge in [0.1, 0.15) is 0 Å². The van der Waals surface area contributed by atoms with Gasteiger partial charge in [0, 0.05) is 24.6 Å². The Labute approximate surface area is 106 Å². The number of hydrogen-bond donors (Lipinski definition) is 1. The second-order valence-corrected chi connectivity index (χ2v) is 4.82. The van der Waals surface area contributed by atoms with Crippen molar-refractivity contribution in [1.82, 2.24) is 5.32 Å². The molecule has 5 heteroatoms. The van der Waals surface area contributed by atoms with E-state index in [1.807, 2.05) is 0 Å². The van der Waals surface area contributed by atoms with E-state index in [0.29, 0.717) is 24.3 Å².